The van der Waals surface area contributed by atoms with E-state index < -0.39 is 11.2 Å². The molecule has 92 valence electrons. The van der Waals surface area contributed by atoms with Gasteiger partial charge in [0.25, 0.3) is 0 Å². The Morgan fingerprint density at radius 1 is 0.667 bits per heavy atom. The van der Waals surface area contributed by atoms with Gasteiger partial charge >= 0.3 is 0 Å². The third kappa shape index (κ3) is 1.25. The molecule has 0 saturated carbocycles. The summed E-state index contributed by atoms with van der Waals surface area (Å²) in [5.74, 6) is 0. The molecule has 18 heavy (non-hydrogen) atoms. The quantitative estimate of drug-likeness (QED) is 0.743. The molecule has 2 aromatic carbocycles. The van der Waals surface area contributed by atoms with Gasteiger partial charge < -0.3 is 10.2 Å². The highest BCUT2D eigenvalue weighted by Gasteiger charge is 2.49. The van der Waals surface area contributed by atoms with Crippen LogP contribution in [0.5, 0.6) is 0 Å². The number of benzene rings is 2. The third-order valence-electron chi connectivity index (χ3n) is 4.14. The van der Waals surface area contributed by atoms with Crippen LogP contribution in [0.4, 0.5) is 0 Å². The van der Waals surface area contributed by atoms with Crippen molar-refractivity contribution in [2.45, 2.75) is 25.0 Å². The smallest absolute Gasteiger partial charge is 0.120 e. The minimum Gasteiger partial charge on any atom is -0.382 e. The van der Waals surface area contributed by atoms with Crippen molar-refractivity contribution in [1.29, 1.82) is 0 Å². The molecule has 0 saturated heterocycles. The molecule has 0 aromatic heterocycles. The van der Waals surface area contributed by atoms with Crippen molar-refractivity contribution in [2.24, 2.45) is 0 Å². The van der Waals surface area contributed by atoms with E-state index in [0.717, 1.165) is 22.3 Å². The van der Waals surface area contributed by atoms with Crippen LogP contribution in [-0.2, 0) is 11.2 Å². The van der Waals surface area contributed by atoms with Crippen LogP contribution in [0.25, 0.3) is 11.1 Å². The molecule has 0 aliphatic heterocycles. The first-order chi connectivity index (χ1) is 8.46. The topological polar surface area (TPSA) is 40.5 Å². The molecule has 0 radical (unpaired) electrons. The van der Waals surface area contributed by atoms with E-state index in [4.69, 9.17) is 0 Å². The van der Waals surface area contributed by atoms with Crippen molar-refractivity contribution < 1.29 is 10.2 Å². The summed E-state index contributed by atoms with van der Waals surface area (Å²) in [6.07, 6.45) is 0. The van der Waals surface area contributed by atoms with Crippen LogP contribution in [0.1, 0.15) is 25.0 Å². The van der Waals surface area contributed by atoms with Crippen LogP contribution in [0, 0.1) is 0 Å². The molecular formula is C16H16O2. The van der Waals surface area contributed by atoms with E-state index in [-0.39, 0.29) is 0 Å². The van der Waals surface area contributed by atoms with Gasteiger partial charge in [0.2, 0.25) is 0 Å². The number of aliphatic hydroxyl groups is 2. The average molecular weight is 240 g/mol. The lowest BCUT2D eigenvalue weighted by molar-refractivity contribution is -0.144. The van der Waals surface area contributed by atoms with Gasteiger partial charge in [-0.05, 0) is 36.1 Å². The van der Waals surface area contributed by atoms with Gasteiger partial charge in [0.1, 0.15) is 11.2 Å². The highest BCUT2D eigenvalue weighted by atomic mass is 16.4. The van der Waals surface area contributed by atoms with E-state index in [1.165, 1.54) is 0 Å². The average Bonchev–Trinajstić information content (AvgIpc) is 2.37. The molecule has 1 aliphatic rings. The van der Waals surface area contributed by atoms with E-state index in [9.17, 15) is 10.2 Å². The highest BCUT2D eigenvalue weighted by Crippen LogP contribution is 2.50. The van der Waals surface area contributed by atoms with E-state index in [1.807, 2.05) is 48.5 Å². The Labute approximate surface area is 107 Å². The van der Waals surface area contributed by atoms with Gasteiger partial charge in [-0.1, -0.05) is 48.5 Å². The zero-order valence-electron chi connectivity index (χ0n) is 10.5. The maximum Gasteiger partial charge on any atom is 0.120 e. The number of rotatable bonds is 0. The predicted molar refractivity (Wildman–Crippen MR) is 71.0 cm³/mol. The first kappa shape index (κ1) is 11.5. The molecular weight excluding hydrogens is 224 g/mol. The molecule has 0 unspecified atom stereocenters. The predicted octanol–water partition coefficient (Wildman–Crippen LogP) is 2.78. The summed E-state index contributed by atoms with van der Waals surface area (Å²) in [6.45, 7) is 3.34. The summed E-state index contributed by atoms with van der Waals surface area (Å²) in [7, 11) is 0. The fraction of sp³-hybridized carbons (Fsp3) is 0.250. The summed E-state index contributed by atoms with van der Waals surface area (Å²) in [5, 5.41) is 21.5. The van der Waals surface area contributed by atoms with Crippen LogP contribution in [0.3, 0.4) is 0 Å². The Morgan fingerprint density at radius 3 is 1.39 bits per heavy atom. The molecule has 2 atom stereocenters. The summed E-state index contributed by atoms with van der Waals surface area (Å²) >= 11 is 0. The molecule has 0 bridgehead atoms. The first-order valence-corrected chi connectivity index (χ1v) is 6.10. The Hall–Kier alpha value is -1.64. The first-order valence-electron chi connectivity index (χ1n) is 6.10. The van der Waals surface area contributed by atoms with Gasteiger partial charge in [0, 0.05) is 0 Å². The van der Waals surface area contributed by atoms with Crippen LogP contribution in [0.15, 0.2) is 48.5 Å². The van der Waals surface area contributed by atoms with Gasteiger partial charge in [0.15, 0.2) is 0 Å². The molecule has 0 fully saturated rings. The monoisotopic (exact) mass is 240 g/mol. The lowest BCUT2D eigenvalue weighted by atomic mass is 9.67. The number of hydrogen-bond acceptors (Lipinski definition) is 2. The Kier molecular flexibility index (Phi) is 2.19. The van der Waals surface area contributed by atoms with Crippen LogP contribution in [0.2, 0.25) is 0 Å². The lowest BCUT2D eigenvalue weighted by Gasteiger charge is -2.45. The summed E-state index contributed by atoms with van der Waals surface area (Å²) in [5.41, 5.74) is 0.937. The van der Waals surface area contributed by atoms with Gasteiger partial charge in [-0.15, -0.1) is 0 Å². The zero-order chi connectivity index (χ0) is 13.0. The second-order valence-corrected chi connectivity index (χ2v) is 5.24. The maximum absolute atomic E-state index is 10.8. The van der Waals surface area contributed by atoms with E-state index in [2.05, 4.69) is 0 Å². The molecule has 2 N–H and O–H groups in total. The maximum atomic E-state index is 10.8. The van der Waals surface area contributed by atoms with Gasteiger partial charge in [-0.25, -0.2) is 0 Å². The fourth-order valence-corrected chi connectivity index (χ4v) is 2.81. The van der Waals surface area contributed by atoms with Crippen molar-refractivity contribution in [3.05, 3.63) is 59.7 Å². The molecule has 1 aliphatic carbocycles. The van der Waals surface area contributed by atoms with Crippen LogP contribution in [-0.4, -0.2) is 10.2 Å². The normalized spacial score (nSPS) is 29.6. The standard InChI is InChI=1S/C16H16O2/c1-15(17)13-9-5-3-7-11(13)12-8-4-6-10-14(12)16(15,2)18/h3-10,17-18H,1-2H3/t15-,16-/m0/s1. The lowest BCUT2D eigenvalue weighted by Crippen LogP contribution is -2.47. The molecule has 3 rings (SSSR count). The highest BCUT2D eigenvalue weighted by molar-refractivity contribution is 5.76. The Morgan fingerprint density at radius 2 is 1.00 bits per heavy atom. The molecule has 2 heteroatoms. The minimum absolute atomic E-state index is 0.772. The summed E-state index contributed by atoms with van der Waals surface area (Å²) in [6, 6.07) is 15.4. The van der Waals surface area contributed by atoms with Gasteiger partial charge in [-0.2, -0.15) is 0 Å². The third-order valence-corrected chi connectivity index (χ3v) is 4.14. The molecule has 0 heterocycles. The largest absolute Gasteiger partial charge is 0.382 e. The van der Waals surface area contributed by atoms with Crippen molar-refractivity contribution in [1.82, 2.24) is 0 Å². The van der Waals surface area contributed by atoms with Crippen molar-refractivity contribution in [2.75, 3.05) is 0 Å². The summed E-state index contributed by atoms with van der Waals surface area (Å²) < 4.78 is 0. The van der Waals surface area contributed by atoms with E-state index >= 15 is 0 Å². The Balaban J connectivity index is 2.43. The molecule has 2 aromatic rings. The fourth-order valence-electron chi connectivity index (χ4n) is 2.81. The van der Waals surface area contributed by atoms with E-state index in [1.54, 1.807) is 13.8 Å². The number of fused-ring (bicyclic) bond motifs is 3. The van der Waals surface area contributed by atoms with Crippen molar-refractivity contribution in [3.8, 4) is 11.1 Å². The number of hydrogen-bond donors (Lipinski definition) is 2. The second kappa shape index (κ2) is 3.44. The van der Waals surface area contributed by atoms with Crippen LogP contribution < -0.4 is 0 Å². The zero-order valence-corrected chi connectivity index (χ0v) is 10.5. The molecule has 0 spiro atoms. The van der Waals surface area contributed by atoms with Gasteiger partial charge in [-0.3, -0.25) is 0 Å². The van der Waals surface area contributed by atoms with Crippen molar-refractivity contribution in [3.63, 3.8) is 0 Å². The van der Waals surface area contributed by atoms with Gasteiger partial charge in [0.05, 0.1) is 0 Å². The van der Waals surface area contributed by atoms with E-state index in [0.29, 0.717) is 0 Å². The molecule has 0 amide bonds. The summed E-state index contributed by atoms with van der Waals surface area (Å²) in [4.78, 5) is 0. The SMILES string of the molecule is C[C@]1(O)c2ccccc2-c2ccccc2[C@]1(C)O. The van der Waals surface area contributed by atoms with Crippen molar-refractivity contribution >= 4 is 0 Å². The molecule has 2 nitrogen and oxygen atoms in total. The Bertz CT molecular complexity index is 556. The minimum atomic E-state index is -1.29. The van der Waals surface area contributed by atoms with Crippen LogP contribution >= 0.6 is 0 Å². The second-order valence-electron chi connectivity index (χ2n) is 5.24.